The second-order valence-electron chi connectivity index (χ2n) is 10.9. The standard InChI is InChI=1S/C26H35FO6/c1-5-6-22(32)33-26(21(31)14-28)15(2)11-19-18-8-7-16-12-17(29)9-10-23(16,3)25(18,27)20(30)13-24(19,26)4/h9-10,12,15,18-20,28,30H,5-8,11,13-14H2,1-4H3/t15-,18+,19+,20+,23+,24+,25+,26+/m1/s1. The van der Waals surface area contributed by atoms with Gasteiger partial charge in [0, 0.05) is 29.1 Å². The van der Waals surface area contributed by atoms with Gasteiger partial charge in [-0.2, -0.15) is 0 Å². The summed E-state index contributed by atoms with van der Waals surface area (Å²) < 4.78 is 23.1. The maximum absolute atomic E-state index is 17.2. The van der Waals surface area contributed by atoms with Crippen molar-refractivity contribution in [3.8, 4) is 0 Å². The van der Waals surface area contributed by atoms with Crippen molar-refractivity contribution in [3.63, 3.8) is 0 Å². The number of aliphatic hydroxyl groups excluding tert-OH is 2. The molecule has 0 bridgehead atoms. The van der Waals surface area contributed by atoms with Crippen LogP contribution in [0.1, 0.15) is 66.2 Å². The van der Waals surface area contributed by atoms with Gasteiger partial charge in [0.05, 0.1) is 6.10 Å². The molecule has 0 unspecified atom stereocenters. The number of hydrogen-bond acceptors (Lipinski definition) is 6. The van der Waals surface area contributed by atoms with Crippen molar-refractivity contribution in [3.05, 3.63) is 23.8 Å². The molecule has 0 amide bonds. The smallest absolute Gasteiger partial charge is 0.306 e. The molecule has 0 heterocycles. The maximum Gasteiger partial charge on any atom is 0.306 e. The molecule has 0 aliphatic heterocycles. The fourth-order valence-electron chi connectivity index (χ4n) is 7.95. The van der Waals surface area contributed by atoms with Gasteiger partial charge >= 0.3 is 5.97 Å². The Bertz CT molecular complexity index is 941. The highest BCUT2D eigenvalue weighted by molar-refractivity contribution is 6.01. The van der Waals surface area contributed by atoms with Gasteiger partial charge < -0.3 is 14.9 Å². The first-order chi connectivity index (χ1) is 15.4. The second-order valence-corrected chi connectivity index (χ2v) is 10.9. The molecule has 4 aliphatic carbocycles. The number of fused-ring (bicyclic) bond motifs is 5. The molecule has 0 aromatic carbocycles. The fraction of sp³-hybridized carbons (Fsp3) is 0.731. The fourth-order valence-corrected chi connectivity index (χ4v) is 7.95. The van der Waals surface area contributed by atoms with Gasteiger partial charge in [-0.1, -0.05) is 32.4 Å². The van der Waals surface area contributed by atoms with Crippen molar-refractivity contribution in [1.82, 2.24) is 0 Å². The van der Waals surface area contributed by atoms with Crippen LogP contribution in [0.15, 0.2) is 23.8 Å². The van der Waals surface area contributed by atoms with Crippen LogP contribution < -0.4 is 0 Å². The maximum atomic E-state index is 17.2. The zero-order valence-corrected chi connectivity index (χ0v) is 19.9. The third-order valence-electron chi connectivity index (χ3n) is 9.47. The first-order valence-electron chi connectivity index (χ1n) is 12.1. The van der Waals surface area contributed by atoms with Crippen LogP contribution in [0.25, 0.3) is 0 Å². The van der Waals surface area contributed by atoms with Crippen LogP contribution in [0.3, 0.4) is 0 Å². The van der Waals surface area contributed by atoms with Gasteiger partial charge in [-0.05, 0) is 57.1 Å². The van der Waals surface area contributed by atoms with Gasteiger partial charge in [0.2, 0.25) is 5.78 Å². The lowest BCUT2D eigenvalue weighted by molar-refractivity contribution is -0.228. The lowest BCUT2D eigenvalue weighted by Crippen LogP contribution is -2.70. The topological polar surface area (TPSA) is 101 Å². The van der Waals surface area contributed by atoms with Gasteiger partial charge in [-0.25, -0.2) is 4.39 Å². The van der Waals surface area contributed by atoms with E-state index in [4.69, 9.17) is 4.74 Å². The molecule has 4 rings (SSSR count). The molecule has 7 heteroatoms. The van der Waals surface area contributed by atoms with E-state index in [9.17, 15) is 24.6 Å². The predicted molar refractivity (Wildman–Crippen MR) is 119 cm³/mol. The number of ether oxygens (including phenoxy) is 1. The van der Waals surface area contributed by atoms with E-state index in [1.807, 2.05) is 20.8 Å². The number of halogens is 1. The van der Waals surface area contributed by atoms with Crippen molar-refractivity contribution < 1.29 is 33.7 Å². The average molecular weight is 463 g/mol. The number of Topliss-reactive ketones (excluding diaryl/α,β-unsaturated/α-hetero) is 1. The van der Waals surface area contributed by atoms with Gasteiger partial charge in [-0.3, -0.25) is 14.4 Å². The Morgan fingerprint density at radius 1 is 1.27 bits per heavy atom. The Kier molecular flexibility index (Phi) is 5.77. The van der Waals surface area contributed by atoms with Crippen LogP contribution in [0.4, 0.5) is 4.39 Å². The van der Waals surface area contributed by atoms with Crippen LogP contribution >= 0.6 is 0 Å². The Balaban J connectivity index is 1.83. The summed E-state index contributed by atoms with van der Waals surface area (Å²) in [5.41, 5.74) is -5.10. The predicted octanol–water partition coefficient (Wildman–Crippen LogP) is 3.25. The number of hydrogen-bond donors (Lipinski definition) is 2. The lowest BCUT2D eigenvalue weighted by Gasteiger charge is -2.62. The van der Waals surface area contributed by atoms with E-state index in [0.29, 0.717) is 31.3 Å². The Hall–Kier alpha value is -1.86. The second kappa shape index (κ2) is 7.84. The third-order valence-corrected chi connectivity index (χ3v) is 9.47. The highest BCUT2D eigenvalue weighted by Gasteiger charge is 2.77. The summed E-state index contributed by atoms with van der Waals surface area (Å²) in [6, 6.07) is 0. The zero-order valence-electron chi connectivity index (χ0n) is 19.9. The van der Waals surface area contributed by atoms with E-state index in [1.54, 1.807) is 13.0 Å². The minimum Gasteiger partial charge on any atom is -0.450 e. The number of esters is 1. The molecule has 0 aromatic heterocycles. The number of rotatable bonds is 5. The van der Waals surface area contributed by atoms with E-state index >= 15 is 4.39 Å². The van der Waals surface area contributed by atoms with Crippen molar-refractivity contribution in [2.75, 3.05) is 6.61 Å². The normalized spacial score (nSPS) is 46.2. The van der Waals surface area contributed by atoms with Crippen LogP contribution in [0, 0.1) is 28.6 Å². The van der Waals surface area contributed by atoms with E-state index < -0.39 is 58.4 Å². The van der Waals surface area contributed by atoms with E-state index in [1.165, 1.54) is 12.2 Å². The summed E-state index contributed by atoms with van der Waals surface area (Å²) in [7, 11) is 0. The monoisotopic (exact) mass is 462 g/mol. The number of ketones is 2. The molecule has 6 nitrogen and oxygen atoms in total. The molecule has 8 atom stereocenters. The Morgan fingerprint density at radius 3 is 2.61 bits per heavy atom. The number of allylic oxidation sites excluding steroid dienone is 4. The molecule has 2 N–H and O–H groups in total. The van der Waals surface area contributed by atoms with Crippen LogP contribution in [-0.4, -0.2) is 51.7 Å². The summed E-state index contributed by atoms with van der Waals surface area (Å²) >= 11 is 0. The molecule has 3 saturated carbocycles. The molecular weight excluding hydrogens is 427 g/mol. The molecule has 0 saturated heterocycles. The number of carbonyl (C=O) groups excluding carboxylic acids is 3. The molecule has 4 aliphatic rings. The minimum atomic E-state index is -2.02. The quantitative estimate of drug-likeness (QED) is 0.609. The van der Waals surface area contributed by atoms with Gasteiger partial charge in [0.25, 0.3) is 0 Å². The van der Waals surface area contributed by atoms with Crippen molar-refractivity contribution in [2.45, 2.75) is 83.6 Å². The highest BCUT2D eigenvalue weighted by atomic mass is 19.1. The summed E-state index contributed by atoms with van der Waals surface area (Å²) in [6.07, 6.45) is 5.02. The molecule has 0 radical (unpaired) electrons. The van der Waals surface area contributed by atoms with Crippen LogP contribution in [-0.2, 0) is 19.1 Å². The zero-order chi connectivity index (χ0) is 24.4. The summed E-state index contributed by atoms with van der Waals surface area (Å²) in [6.45, 7) is 6.42. The van der Waals surface area contributed by atoms with Crippen molar-refractivity contribution >= 4 is 17.5 Å². The van der Waals surface area contributed by atoms with Crippen molar-refractivity contribution in [2.24, 2.45) is 28.6 Å². The number of aliphatic hydroxyl groups is 2. The largest absolute Gasteiger partial charge is 0.450 e. The Morgan fingerprint density at radius 2 is 1.97 bits per heavy atom. The molecule has 33 heavy (non-hydrogen) atoms. The third kappa shape index (κ3) is 2.94. The van der Waals surface area contributed by atoms with Crippen LogP contribution in [0.2, 0.25) is 0 Å². The summed E-state index contributed by atoms with van der Waals surface area (Å²) in [5, 5.41) is 21.3. The van der Waals surface area contributed by atoms with Crippen molar-refractivity contribution in [1.29, 1.82) is 0 Å². The first kappa shape index (κ1) is 24.3. The lowest BCUT2D eigenvalue weighted by atomic mass is 9.44. The number of alkyl halides is 1. The van der Waals surface area contributed by atoms with Gasteiger partial charge in [0.15, 0.2) is 17.1 Å². The molecule has 3 fully saturated rings. The summed E-state index contributed by atoms with van der Waals surface area (Å²) in [5.74, 6) is -2.65. The highest BCUT2D eigenvalue weighted by Crippen LogP contribution is 2.71. The van der Waals surface area contributed by atoms with Gasteiger partial charge in [-0.15, -0.1) is 0 Å². The molecular formula is C26H35FO6. The number of carbonyl (C=O) groups is 3. The summed E-state index contributed by atoms with van der Waals surface area (Å²) in [4.78, 5) is 37.9. The Labute approximate surface area is 194 Å². The molecule has 0 aromatic rings. The van der Waals surface area contributed by atoms with Gasteiger partial charge in [0.1, 0.15) is 6.61 Å². The SMILES string of the molecule is CCCC(=O)O[C@]1(C(=O)CO)[C@H](C)C[C@H]2[C@@H]3CCC4=CC(=O)C=C[C@]4(C)[C@@]3(F)[C@@H](O)C[C@@]21C. The van der Waals surface area contributed by atoms with E-state index in [2.05, 4.69) is 0 Å². The van der Waals surface area contributed by atoms with E-state index in [-0.39, 0.29) is 24.5 Å². The van der Waals surface area contributed by atoms with Crippen LogP contribution in [0.5, 0.6) is 0 Å². The molecule has 182 valence electrons. The molecule has 0 spiro atoms. The average Bonchev–Trinajstić information content (AvgIpc) is 2.97. The minimum absolute atomic E-state index is 0.0786. The first-order valence-corrected chi connectivity index (χ1v) is 12.1. The van der Waals surface area contributed by atoms with E-state index in [0.717, 1.165) is 0 Å².